The first kappa shape index (κ1) is 28.1. The molecule has 5 rings (SSSR count). The van der Waals surface area contributed by atoms with Gasteiger partial charge in [0, 0.05) is 23.4 Å². The fourth-order valence-electron chi connectivity index (χ4n) is 5.17. The summed E-state index contributed by atoms with van der Waals surface area (Å²) < 4.78 is 4.89. The molecule has 2 aliphatic heterocycles. The molecular formula is C32H34N4O5. The van der Waals surface area contributed by atoms with Gasteiger partial charge in [-0.1, -0.05) is 36.8 Å². The number of anilines is 2. The van der Waals surface area contributed by atoms with E-state index in [0.717, 1.165) is 25.2 Å². The maximum atomic E-state index is 13.3. The Morgan fingerprint density at radius 2 is 1.68 bits per heavy atom. The first-order valence-corrected chi connectivity index (χ1v) is 13.8. The van der Waals surface area contributed by atoms with Gasteiger partial charge < -0.3 is 20.3 Å². The quantitative estimate of drug-likeness (QED) is 0.150. The number of methoxy groups -OCH3 is 1. The number of nitrogens with one attached hydrogen (secondary N) is 3. The van der Waals surface area contributed by atoms with Crippen LogP contribution < -0.4 is 16.1 Å². The van der Waals surface area contributed by atoms with Gasteiger partial charge in [-0.15, -0.1) is 0 Å². The average molecular weight is 555 g/mol. The molecular weight excluding hydrogens is 520 g/mol. The van der Waals surface area contributed by atoms with Crippen LogP contribution in [0.3, 0.4) is 0 Å². The van der Waals surface area contributed by atoms with Gasteiger partial charge in [0.1, 0.15) is 0 Å². The fourth-order valence-corrected chi connectivity index (χ4v) is 5.17. The van der Waals surface area contributed by atoms with E-state index >= 15 is 0 Å². The molecule has 9 heteroatoms. The van der Waals surface area contributed by atoms with Crippen LogP contribution in [0.25, 0.3) is 11.3 Å². The van der Waals surface area contributed by atoms with Crippen LogP contribution in [-0.2, 0) is 14.4 Å². The number of fused-ring (bicyclic) bond motifs is 1. The normalized spacial score (nSPS) is 16.0. The van der Waals surface area contributed by atoms with Crippen LogP contribution in [0.4, 0.5) is 11.4 Å². The molecule has 2 aliphatic rings. The Morgan fingerprint density at radius 1 is 0.951 bits per heavy atom. The summed E-state index contributed by atoms with van der Waals surface area (Å²) >= 11 is 0. The van der Waals surface area contributed by atoms with Gasteiger partial charge in [0.05, 0.1) is 36.2 Å². The summed E-state index contributed by atoms with van der Waals surface area (Å²) in [7, 11) is 1.33. The Labute approximate surface area is 239 Å². The second-order valence-corrected chi connectivity index (χ2v) is 10.2. The lowest BCUT2D eigenvalue weighted by Gasteiger charge is -2.25. The van der Waals surface area contributed by atoms with E-state index in [2.05, 4.69) is 21.0 Å². The molecule has 0 saturated carbocycles. The lowest BCUT2D eigenvalue weighted by atomic mass is 9.96. The zero-order valence-electron chi connectivity index (χ0n) is 23.3. The number of nitrogens with zero attached hydrogens (tertiary/aromatic N) is 1. The van der Waals surface area contributed by atoms with E-state index in [4.69, 9.17) is 9.57 Å². The van der Waals surface area contributed by atoms with Gasteiger partial charge in [-0.25, -0.2) is 10.3 Å². The van der Waals surface area contributed by atoms with E-state index in [1.54, 1.807) is 30.3 Å². The molecule has 2 amide bonds. The Morgan fingerprint density at radius 3 is 2.39 bits per heavy atom. The van der Waals surface area contributed by atoms with Crippen molar-refractivity contribution in [2.45, 2.75) is 26.2 Å². The number of ether oxygens (including phenoxy) is 1. The number of aryl methyl sites for hydroxylation is 1. The largest absolute Gasteiger partial charge is 0.465 e. The molecule has 212 valence electrons. The third-order valence-electron chi connectivity index (χ3n) is 7.37. The first-order valence-electron chi connectivity index (χ1n) is 13.8. The van der Waals surface area contributed by atoms with E-state index in [0.29, 0.717) is 51.5 Å². The Kier molecular flexibility index (Phi) is 8.76. The van der Waals surface area contributed by atoms with Gasteiger partial charge in [0.15, 0.2) is 0 Å². The number of hydrogen-bond donors (Lipinski definition) is 3. The number of likely N-dealkylation sites (tertiary alicyclic amines) is 1. The van der Waals surface area contributed by atoms with Gasteiger partial charge in [0.2, 0.25) is 0 Å². The predicted octanol–water partition coefficient (Wildman–Crippen LogP) is 4.86. The maximum absolute atomic E-state index is 13.3. The molecule has 3 N–H and O–H groups in total. The summed E-state index contributed by atoms with van der Waals surface area (Å²) in [5.74, 6) is -1.07. The van der Waals surface area contributed by atoms with Crippen molar-refractivity contribution in [2.24, 2.45) is 0 Å². The standard InChI is InChI=1S/C32H34N4O5/c1-21-19-26-27(20-25(21)32(39)40-2)34-31(38)28(26)29(22-9-5-3-6-10-22)33-24-13-11-23(12-14-24)30(37)35-41-18-17-36-15-7-4-8-16-36/h3,5-6,9-14,19-20,33H,4,7-8,15-18H2,1-2H3,(H,34,38)(H,35,37). The third-order valence-corrected chi connectivity index (χ3v) is 7.37. The molecule has 0 bridgehead atoms. The summed E-state index contributed by atoms with van der Waals surface area (Å²) in [5, 5.41) is 6.27. The van der Waals surface area contributed by atoms with E-state index in [1.807, 2.05) is 43.3 Å². The van der Waals surface area contributed by atoms with Crippen molar-refractivity contribution in [2.75, 3.05) is 44.0 Å². The van der Waals surface area contributed by atoms with Crippen molar-refractivity contribution < 1.29 is 24.0 Å². The highest BCUT2D eigenvalue weighted by Gasteiger charge is 2.30. The number of rotatable bonds is 9. The molecule has 9 nitrogen and oxygen atoms in total. The SMILES string of the molecule is COC(=O)c1cc2c(cc1C)C(=C(Nc1ccc(C(=O)NOCCN3CCCCC3)cc1)c1ccccc1)C(=O)N2. The van der Waals surface area contributed by atoms with Gasteiger partial charge in [-0.3, -0.25) is 14.4 Å². The highest BCUT2D eigenvalue weighted by Crippen LogP contribution is 2.39. The lowest BCUT2D eigenvalue weighted by Crippen LogP contribution is -2.35. The molecule has 3 aromatic rings. The van der Waals surface area contributed by atoms with Crippen molar-refractivity contribution in [1.29, 1.82) is 0 Å². The van der Waals surface area contributed by atoms with Crippen molar-refractivity contribution in [3.63, 3.8) is 0 Å². The minimum atomic E-state index is -0.463. The molecule has 1 fully saturated rings. The Bertz CT molecular complexity index is 1460. The van der Waals surface area contributed by atoms with Gasteiger partial charge in [0.25, 0.3) is 11.8 Å². The van der Waals surface area contributed by atoms with Crippen LogP contribution in [-0.4, -0.2) is 56.0 Å². The van der Waals surface area contributed by atoms with E-state index in [1.165, 1.54) is 26.4 Å². The molecule has 0 radical (unpaired) electrons. The Balaban J connectivity index is 1.35. The zero-order valence-corrected chi connectivity index (χ0v) is 23.3. The first-order chi connectivity index (χ1) is 19.9. The molecule has 3 aromatic carbocycles. The molecule has 0 unspecified atom stereocenters. The van der Waals surface area contributed by atoms with Gasteiger partial charge in [-0.05, 0) is 80.4 Å². The number of amides is 2. The molecule has 0 atom stereocenters. The molecule has 41 heavy (non-hydrogen) atoms. The summed E-state index contributed by atoms with van der Waals surface area (Å²) in [6.45, 7) is 5.19. The summed E-state index contributed by atoms with van der Waals surface area (Å²) in [4.78, 5) is 45.9. The molecule has 0 spiro atoms. The van der Waals surface area contributed by atoms with Crippen LogP contribution in [0.1, 0.15) is 56.7 Å². The van der Waals surface area contributed by atoms with Gasteiger partial charge >= 0.3 is 5.97 Å². The van der Waals surface area contributed by atoms with Crippen molar-refractivity contribution in [3.8, 4) is 0 Å². The van der Waals surface area contributed by atoms with E-state index in [-0.39, 0.29) is 11.8 Å². The second kappa shape index (κ2) is 12.8. The average Bonchev–Trinajstić information content (AvgIpc) is 3.32. The second-order valence-electron chi connectivity index (χ2n) is 10.2. The number of piperidine rings is 1. The number of carbonyl (C=O) groups is 3. The number of carbonyl (C=O) groups excluding carboxylic acids is 3. The number of benzene rings is 3. The van der Waals surface area contributed by atoms with Crippen LogP contribution in [0.5, 0.6) is 0 Å². The summed E-state index contributed by atoms with van der Waals surface area (Å²) in [6.07, 6.45) is 3.70. The fraction of sp³-hybridized carbons (Fsp3) is 0.281. The van der Waals surface area contributed by atoms with Crippen molar-refractivity contribution >= 4 is 40.4 Å². The molecule has 1 saturated heterocycles. The van der Waals surface area contributed by atoms with Crippen molar-refractivity contribution in [1.82, 2.24) is 10.4 Å². The van der Waals surface area contributed by atoms with Crippen LogP contribution in [0, 0.1) is 6.92 Å². The van der Waals surface area contributed by atoms with Crippen LogP contribution in [0.15, 0.2) is 66.7 Å². The predicted molar refractivity (Wildman–Crippen MR) is 158 cm³/mol. The number of hydrogen-bond acceptors (Lipinski definition) is 7. The zero-order chi connectivity index (χ0) is 28.8. The molecule has 0 aliphatic carbocycles. The van der Waals surface area contributed by atoms with Crippen LogP contribution >= 0.6 is 0 Å². The van der Waals surface area contributed by atoms with Gasteiger partial charge in [-0.2, -0.15) is 0 Å². The summed E-state index contributed by atoms with van der Waals surface area (Å²) in [6, 6.07) is 20.0. The van der Waals surface area contributed by atoms with E-state index < -0.39 is 5.97 Å². The van der Waals surface area contributed by atoms with Crippen molar-refractivity contribution in [3.05, 3.63) is 94.5 Å². The smallest absolute Gasteiger partial charge is 0.338 e. The Hall–Kier alpha value is -4.47. The molecule has 2 heterocycles. The minimum Gasteiger partial charge on any atom is -0.465 e. The minimum absolute atomic E-state index is 0.287. The number of esters is 1. The highest BCUT2D eigenvalue weighted by atomic mass is 16.7. The molecule has 0 aromatic heterocycles. The topological polar surface area (TPSA) is 109 Å². The third kappa shape index (κ3) is 6.48. The lowest BCUT2D eigenvalue weighted by molar-refractivity contribution is -0.110. The number of hydroxylamine groups is 1. The van der Waals surface area contributed by atoms with Crippen LogP contribution in [0.2, 0.25) is 0 Å². The summed E-state index contributed by atoms with van der Waals surface area (Å²) in [5.41, 5.74) is 7.86. The highest BCUT2D eigenvalue weighted by molar-refractivity contribution is 6.37. The van der Waals surface area contributed by atoms with E-state index in [9.17, 15) is 14.4 Å². The monoisotopic (exact) mass is 554 g/mol. The maximum Gasteiger partial charge on any atom is 0.338 e.